The molecule has 0 fully saturated rings. The molecule has 0 aliphatic heterocycles. The van der Waals surface area contributed by atoms with Gasteiger partial charge in [-0.1, -0.05) is 24.6 Å². The predicted octanol–water partition coefficient (Wildman–Crippen LogP) is 3.53. The fraction of sp³-hybridized carbons (Fsp3) is 0.333. The van der Waals surface area contributed by atoms with Gasteiger partial charge in [-0.05, 0) is 32.4 Å². The minimum atomic E-state index is 0.620. The summed E-state index contributed by atoms with van der Waals surface area (Å²) in [5, 5.41) is 0. The summed E-state index contributed by atoms with van der Waals surface area (Å²) in [6.07, 6.45) is 0.878. The van der Waals surface area contributed by atoms with Crippen LogP contribution in [0.1, 0.15) is 29.6 Å². The van der Waals surface area contributed by atoms with Gasteiger partial charge < -0.3 is 5.73 Å². The number of benzene rings is 1. The first-order valence-electron chi connectivity index (χ1n) is 6.41. The lowest BCUT2D eigenvalue weighted by Crippen LogP contribution is -2.06. The van der Waals surface area contributed by atoms with Gasteiger partial charge in [-0.2, -0.15) is 0 Å². The summed E-state index contributed by atoms with van der Waals surface area (Å²) in [6, 6.07) is 8.47. The monoisotopic (exact) mass is 273 g/mol. The lowest BCUT2D eigenvalue weighted by Gasteiger charge is -2.08. The minimum Gasteiger partial charge on any atom is -0.383 e. The van der Waals surface area contributed by atoms with Crippen LogP contribution in [-0.4, -0.2) is 9.97 Å². The van der Waals surface area contributed by atoms with E-state index >= 15 is 0 Å². The molecule has 2 rings (SSSR count). The standard InChI is InChI=1S/C15H19N3S/c1-4-13-11(3)17-14(18-15(13)16)9-19-12-7-5-10(2)6-8-12/h5-8H,4,9H2,1-3H3,(H2,16,17,18). The van der Waals surface area contributed by atoms with E-state index in [4.69, 9.17) is 5.73 Å². The van der Waals surface area contributed by atoms with Crippen LogP contribution >= 0.6 is 11.8 Å². The third kappa shape index (κ3) is 3.47. The number of nitrogen functional groups attached to an aromatic ring is 1. The van der Waals surface area contributed by atoms with Crippen LogP contribution in [0.3, 0.4) is 0 Å². The zero-order valence-corrected chi connectivity index (χ0v) is 12.4. The highest BCUT2D eigenvalue weighted by molar-refractivity contribution is 7.98. The number of thioether (sulfide) groups is 1. The normalized spacial score (nSPS) is 10.7. The molecule has 0 atom stereocenters. The van der Waals surface area contributed by atoms with Crippen LogP contribution < -0.4 is 5.73 Å². The number of aromatic nitrogens is 2. The molecule has 0 aliphatic rings. The van der Waals surface area contributed by atoms with Crippen LogP contribution in [0.15, 0.2) is 29.2 Å². The van der Waals surface area contributed by atoms with Gasteiger partial charge >= 0.3 is 0 Å². The molecule has 0 saturated carbocycles. The van der Waals surface area contributed by atoms with E-state index in [-0.39, 0.29) is 0 Å². The maximum absolute atomic E-state index is 5.96. The van der Waals surface area contributed by atoms with Crippen LogP contribution in [-0.2, 0) is 12.2 Å². The summed E-state index contributed by atoms with van der Waals surface area (Å²) in [5.41, 5.74) is 9.29. The van der Waals surface area contributed by atoms with Crippen molar-refractivity contribution < 1.29 is 0 Å². The average Bonchev–Trinajstić information content (AvgIpc) is 2.38. The zero-order valence-electron chi connectivity index (χ0n) is 11.6. The molecule has 0 bridgehead atoms. The smallest absolute Gasteiger partial charge is 0.141 e. The lowest BCUT2D eigenvalue weighted by molar-refractivity contribution is 0.947. The third-order valence-corrected chi connectivity index (χ3v) is 4.04. The molecule has 0 radical (unpaired) electrons. The van der Waals surface area contributed by atoms with Gasteiger partial charge in [0.05, 0.1) is 5.75 Å². The number of aryl methyl sites for hydroxylation is 2. The van der Waals surface area contributed by atoms with Crippen molar-refractivity contribution in [2.45, 2.75) is 37.8 Å². The van der Waals surface area contributed by atoms with E-state index in [1.54, 1.807) is 11.8 Å². The van der Waals surface area contributed by atoms with Crippen molar-refractivity contribution in [3.05, 3.63) is 46.9 Å². The molecule has 4 heteroatoms. The number of hydrogen-bond acceptors (Lipinski definition) is 4. The van der Waals surface area contributed by atoms with Crippen LogP contribution in [0.25, 0.3) is 0 Å². The maximum atomic E-state index is 5.96. The summed E-state index contributed by atoms with van der Waals surface area (Å²) >= 11 is 1.73. The van der Waals surface area contributed by atoms with Gasteiger partial charge in [-0.25, -0.2) is 9.97 Å². The van der Waals surface area contributed by atoms with Crippen LogP contribution in [0.5, 0.6) is 0 Å². The molecule has 3 nitrogen and oxygen atoms in total. The average molecular weight is 273 g/mol. The minimum absolute atomic E-state index is 0.620. The highest BCUT2D eigenvalue weighted by atomic mass is 32.2. The van der Waals surface area contributed by atoms with Gasteiger partial charge in [0.2, 0.25) is 0 Å². The van der Waals surface area contributed by atoms with Gasteiger partial charge in [0.25, 0.3) is 0 Å². The number of hydrogen-bond donors (Lipinski definition) is 1. The first kappa shape index (κ1) is 13.9. The molecule has 2 N–H and O–H groups in total. The highest BCUT2D eigenvalue weighted by Crippen LogP contribution is 2.23. The molecule has 1 heterocycles. The van der Waals surface area contributed by atoms with E-state index < -0.39 is 0 Å². The molecular weight excluding hydrogens is 254 g/mol. The Morgan fingerprint density at radius 3 is 2.37 bits per heavy atom. The first-order valence-corrected chi connectivity index (χ1v) is 7.40. The Morgan fingerprint density at radius 2 is 1.79 bits per heavy atom. The van der Waals surface area contributed by atoms with Gasteiger partial charge in [0.15, 0.2) is 0 Å². The third-order valence-electron chi connectivity index (χ3n) is 3.03. The molecule has 100 valence electrons. The van der Waals surface area contributed by atoms with Crippen molar-refractivity contribution in [2.24, 2.45) is 0 Å². The van der Waals surface area contributed by atoms with Crippen molar-refractivity contribution >= 4 is 17.6 Å². The summed E-state index contributed by atoms with van der Waals surface area (Å²) in [7, 11) is 0. The molecule has 1 aromatic heterocycles. The number of anilines is 1. The van der Waals surface area contributed by atoms with Crippen LogP contribution in [0.4, 0.5) is 5.82 Å². The predicted molar refractivity (Wildman–Crippen MR) is 81.3 cm³/mol. The number of nitrogens with zero attached hydrogens (tertiary/aromatic N) is 2. The quantitative estimate of drug-likeness (QED) is 0.866. The Labute approximate surface area is 118 Å². The van der Waals surface area contributed by atoms with E-state index in [0.717, 1.165) is 29.3 Å². The van der Waals surface area contributed by atoms with E-state index in [1.807, 2.05) is 6.92 Å². The van der Waals surface area contributed by atoms with Crippen LogP contribution in [0, 0.1) is 13.8 Å². The first-order chi connectivity index (χ1) is 9.10. The maximum Gasteiger partial charge on any atom is 0.141 e. The van der Waals surface area contributed by atoms with Crippen molar-refractivity contribution in [3.63, 3.8) is 0 Å². The topological polar surface area (TPSA) is 51.8 Å². The molecular formula is C15H19N3S. The molecule has 0 spiro atoms. The second-order valence-corrected chi connectivity index (χ2v) is 5.59. The fourth-order valence-corrected chi connectivity index (χ4v) is 2.72. The van der Waals surface area contributed by atoms with Gasteiger partial charge in [0, 0.05) is 16.2 Å². The SMILES string of the molecule is CCc1c(C)nc(CSc2ccc(C)cc2)nc1N. The van der Waals surface area contributed by atoms with Gasteiger partial charge in [0.1, 0.15) is 11.6 Å². The Hall–Kier alpha value is -1.55. The number of nitrogens with two attached hydrogens (primary N) is 1. The Morgan fingerprint density at radius 1 is 1.11 bits per heavy atom. The molecule has 1 aromatic carbocycles. The molecule has 0 saturated heterocycles. The summed E-state index contributed by atoms with van der Waals surface area (Å²) in [5.74, 6) is 2.17. The molecule has 0 aliphatic carbocycles. The summed E-state index contributed by atoms with van der Waals surface area (Å²) in [4.78, 5) is 10.1. The molecule has 0 amide bonds. The Kier molecular flexibility index (Phi) is 4.43. The van der Waals surface area contributed by atoms with Crippen molar-refractivity contribution in [1.82, 2.24) is 9.97 Å². The number of rotatable bonds is 4. The summed E-state index contributed by atoms with van der Waals surface area (Å²) in [6.45, 7) is 6.16. The van der Waals surface area contributed by atoms with E-state index in [0.29, 0.717) is 5.82 Å². The van der Waals surface area contributed by atoms with Crippen molar-refractivity contribution in [2.75, 3.05) is 5.73 Å². The highest BCUT2D eigenvalue weighted by Gasteiger charge is 2.07. The van der Waals surface area contributed by atoms with Crippen LogP contribution in [0.2, 0.25) is 0 Å². The van der Waals surface area contributed by atoms with Crippen molar-refractivity contribution in [3.8, 4) is 0 Å². The Bertz CT molecular complexity index is 541. The molecule has 19 heavy (non-hydrogen) atoms. The van der Waals surface area contributed by atoms with Crippen molar-refractivity contribution in [1.29, 1.82) is 0 Å². The second kappa shape index (κ2) is 6.06. The molecule has 0 unspecified atom stereocenters. The summed E-state index contributed by atoms with van der Waals surface area (Å²) < 4.78 is 0. The van der Waals surface area contributed by atoms with E-state index in [2.05, 4.69) is 48.1 Å². The van der Waals surface area contributed by atoms with E-state index in [1.165, 1.54) is 10.5 Å². The fourth-order valence-electron chi connectivity index (χ4n) is 1.96. The van der Waals surface area contributed by atoms with E-state index in [9.17, 15) is 0 Å². The van der Waals surface area contributed by atoms with Gasteiger partial charge in [-0.15, -0.1) is 11.8 Å². The second-order valence-electron chi connectivity index (χ2n) is 4.54. The Balaban J connectivity index is 2.09. The molecule has 2 aromatic rings. The largest absolute Gasteiger partial charge is 0.383 e. The lowest BCUT2D eigenvalue weighted by atomic mass is 10.2. The van der Waals surface area contributed by atoms with Gasteiger partial charge in [-0.3, -0.25) is 0 Å². The zero-order chi connectivity index (χ0) is 13.8.